The first kappa shape index (κ1) is 22.2. The average molecular weight is 402 g/mol. The third kappa shape index (κ3) is 6.12. The van der Waals surface area contributed by atoms with E-state index in [-0.39, 0.29) is 42.5 Å². The van der Waals surface area contributed by atoms with Gasteiger partial charge in [0.25, 0.3) is 0 Å². The molecular formula is C18H22Cl2FN3O2. The minimum Gasteiger partial charge on any atom is -0.439 e. The summed E-state index contributed by atoms with van der Waals surface area (Å²) >= 11 is 0. The fourth-order valence-corrected chi connectivity index (χ4v) is 2.69. The van der Waals surface area contributed by atoms with Crippen LogP contribution in [0, 0.1) is 11.7 Å². The molecule has 2 heterocycles. The molecule has 1 unspecified atom stereocenters. The van der Waals surface area contributed by atoms with E-state index in [1.807, 2.05) is 6.07 Å². The maximum absolute atomic E-state index is 13.3. The molecule has 1 aromatic heterocycles. The van der Waals surface area contributed by atoms with E-state index in [0.717, 1.165) is 24.9 Å². The summed E-state index contributed by atoms with van der Waals surface area (Å²) in [5.74, 6) is 0.400. The van der Waals surface area contributed by atoms with Crippen LogP contribution in [-0.4, -0.2) is 24.0 Å². The number of halogens is 3. The Labute approximate surface area is 164 Å². The van der Waals surface area contributed by atoms with E-state index in [9.17, 15) is 9.18 Å². The van der Waals surface area contributed by atoms with Gasteiger partial charge < -0.3 is 15.4 Å². The van der Waals surface area contributed by atoms with Crippen LogP contribution >= 0.6 is 24.8 Å². The van der Waals surface area contributed by atoms with E-state index in [2.05, 4.69) is 15.6 Å². The zero-order valence-electron chi connectivity index (χ0n) is 14.1. The zero-order valence-corrected chi connectivity index (χ0v) is 15.7. The van der Waals surface area contributed by atoms with Crippen LogP contribution in [0.25, 0.3) is 0 Å². The molecule has 1 saturated heterocycles. The van der Waals surface area contributed by atoms with Crippen LogP contribution < -0.4 is 15.4 Å². The van der Waals surface area contributed by atoms with Gasteiger partial charge in [-0.2, -0.15) is 0 Å². The smallest absolute Gasteiger partial charge is 0.224 e. The van der Waals surface area contributed by atoms with Gasteiger partial charge in [-0.25, -0.2) is 9.37 Å². The first-order valence-electron chi connectivity index (χ1n) is 8.08. The van der Waals surface area contributed by atoms with Gasteiger partial charge in [-0.15, -0.1) is 24.8 Å². The van der Waals surface area contributed by atoms with Gasteiger partial charge in [0.15, 0.2) is 0 Å². The SMILES string of the molecule is Cl.Cl.O=C(NCc1cccnc1Oc1cccc(F)c1)C1CCCNC1. The number of piperidine rings is 1. The van der Waals surface area contributed by atoms with Crippen molar-refractivity contribution in [2.45, 2.75) is 19.4 Å². The summed E-state index contributed by atoms with van der Waals surface area (Å²) in [5, 5.41) is 6.16. The molecule has 0 radical (unpaired) electrons. The molecule has 0 bridgehead atoms. The number of carbonyl (C=O) groups is 1. The van der Waals surface area contributed by atoms with Gasteiger partial charge in [0.2, 0.25) is 11.8 Å². The molecule has 1 atom stereocenters. The third-order valence-electron chi connectivity index (χ3n) is 3.98. The van der Waals surface area contributed by atoms with Crippen molar-refractivity contribution in [1.29, 1.82) is 0 Å². The molecule has 0 saturated carbocycles. The lowest BCUT2D eigenvalue weighted by atomic mass is 9.99. The van der Waals surface area contributed by atoms with Crippen LogP contribution in [-0.2, 0) is 11.3 Å². The molecule has 2 aromatic rings. The Bertz CT molecular complexity index is 712. The molecule has 1 aliphatic heterocycles. The number of benzene rings is 1. The van der Waals surface area contributed by atoms with Gasteiger partial charge in [0.1, 0.15) is 11.6 Å². The van der Waals surface area contributed by atoms with Gasteiger partial charge in [0.05, 0.1) is 5.92 Å². The van der Waals surface area contributed by atoms with Crippen molar-refractivity contribution in [2.75, 3.05) is 13.1 Å². The third-order valence-corrected chi connectivity index (χ3v) is 3.98. The monoisotopic (exact) mass is 401 g/mol. The second-order valence-electron chi connectivity index (χ2n) is 5.79. The summed E-state index contributed by atoms with van der Waals surface area (Å²) in [6, 6.07) is 9.50. The molecule has 1 fully saturated rings. The molecule has 26 heavy (non-hydrogen) atoms. The number of ether oxygens (including phenoxy) is 1. The van der Waals surface area contributed by atoms with Crippen molar-refractivity contribution in [3.05, 3.63) is 54.0 Å². The predicted octanol–water partition coefficient (Wildman–Crippen LogP) is 3.47. The molecule has 1 amide bonds. The fourth-order valence-electron chi connectivity index (χ4n) is 2.69. The standard InChI is InChI=1S/C18H20FN3O2.2ClH/c19-15-6-1-7-16(10-15)24-18-14(5-3-9-21-18)12-22-17(23)13-4-2-8-20-11-13;;/h1,3,5-7,9-10,13,20H,2,4,8,11-12H2,(H,22,23);2*1H. The maximum Gasteiger partial charge on any atom is 0.224 e. The van der Waals surface area contributed by atoms with E-state index in [1.54, 1.807) is 24.4 Å². The predicted molar refractivity (Wildman–Crippen MR) is 103 cm³/mol. The number of pyridine rings is 1. The molecule has 3 rings (SSSR count). The van der Waals surface area contributed by atoms with E-state index < -0.39 is 0 Å². The molecule has 0 aliphatic carbocycles. The minimum absolute atomic E-state index is 0. The quantitative estimate of drug-likeness (QED) is 0.804. The van der Waals surface area contributed by atoms with Crippen molar-refractivity contribution >= 4 is 30.7 Å². The maximum atomic E-state index is 13.3. The van der Waals surface area contributed by atoms with Crippen molar-refractivity contribution < 1.29 is 13.9 Å². The molecule has 1 aromatic carbocycles. The Morgan fingerprint density at radius 3 is 2.88 bits per heavy atom. The second-order valence-corrected chi connectivity index (χ2v) is 5.79. The summed E-state index contributed by atoms with van der Waals surface area (Å²) in [5.41, 5.74) is 0.749. The second kappa shape index (κ2) is 11.0. The highest BCUT2D eigenvalue weighted by Crippen LogP contribution is 2.23. The average Bonchev–Trinajstić information content (AvgIpc) is 2.61. The summed E-state index contributed by atoms with van der Waals surface area (Å²) < 4.78 is 18.9. The Morgan fingerprint density at radius 1 is 1.31 bits per heavy atom. The van der Waals surface area contributed by atoms with Crippen molar-refractivity contribution in [1.82, 2.24) is 15.6 Å². The van der Waals surface area contributed by atoms with Gasteiger partial charge in [-0.1, -0.05) is 12.1 Å². The normalized spacial score (nSPS) is 16.0. The molecule has 8 heteroatoms. The van der Waals surface area contributed by atoms with Crippen LogP contribution in [0.3, 0.4) is 0 Å². The highest BCUT2D eigenvalue weighted by Gasteiger charge is 2.20. The Kier molecular flexibility index (Phi) is 9.34. The first-order valence-corrected chi connectivity index (χ1v) is 8.08. The Morgan fingerprint density at radius 2 is 2.15 bits per heavy atom. The lowest BCUT2D eigenvalue weighted by molar-refractivity contribution is -0.125. The van der Waals surface area contributed by atoms with Crippen LogP contribution in [0.4, 0.5) is 4.39 Å². The summed E-state index contributed by atoms with van der Waals surface area (Å²) in [7, 11) is 0. The number of hydrogen-bond acceptors (Lipinski definition) is 4. The Balaban J connectivity index is 0.00000169. The Hall–Kier alpha value is -1.89. The van der Waals surface area contributed by atoms with E-state index in [4.69, 9.17) is 4.74 Å². The van der Waals surface area contributed by atoms with E-state index in [1.165, 1.54) is 12.1 Å². The lowest BCUT2D eigenvalue weighted by Gasteiger charge is -2.22. The van der Waals surface area contributed by atoms with Gasteiger partial charge >= 0.3 is 0 Å². The molecule has 1 aliphatic rings. The van der Waals surface area contributed by atoms with E-state index in [0.29, 0.717) is 24.7 Å². The van der Waals surface area contributed by atoms with Crippen LogP contribution in [0.5, 0.6) is 11.6 Å². The highest BCUT2D eigenvalue weighted by atomic mass is 35.5. The number of amides is 1. The van der Waals surface area contributed by atoms with Gasteiger partial charge in [-0.05, 0) is 37.6 Å². The fraction of sp³-hybridized carbons (Fsp3) is 0.333. The molecule has 142 valence electrons. The highest BCUT2D eigenvalue weighted by molar-refractivity contribution is 5.85. The van der Waals surface area contributed by atoms with Crippen molar-refractivity contribution in [2.24, 2.45) is 5.92 Å². The summed E-state index contributed by atoms with van der Waals surface area (Å²) in [4.78, 5) is 16.4. The van der Waals surface area contributed by atoms with Crippen molar-refractivity contribution in [3.8, 4) is 11.6 Å². The molecular weight excluding hydrogens is 380 g/mol. The van der Waals surface area contributed by atoms with Gasteiger partial charge in [-0.3, -0.25) is 4.79 Å². The number of carbonyl (C=O) groups excluding carboxylic acids is 1. The largest absolute Gasteiger partial charge is 0.439 e. The molecule has 5 nitrogen and oxygen atoms in total. The first-order chi connectivity index (χ1) is 11.7. The van der Waals surface area contributed by atoms with Crippen LogP contribution in [0.2, 0.25) is 0 Å². The lowest BCUT2D eigenvalue weighted by Crippen LogP contribution is -2.40. The van der Waals surface area contributed by atoms with Crippen LogP contribution in [0.15, 0.2) is 42.6 Å². The number of hydrogen-bond donors (Lipinski definition) is 2. The molecule has 0 spiro atoms. The molecule has 2 N–H and O–H groups in total. The topological polar surface area (TPSA) is 63.2 Å². The zero-order chi connectivity index (χ0) is 16.8. The summed E-state index contributed by atoms with van der Waals surface area (Å²) in [6.07, 6.45) is 3.52. The van der Waals surface area contributed by atoms with Crippen LogP contribution in [0.1, 0.15) is 18.4 Å². The number of rotatable bonds is 5. The number of nitrogens with zero attached hydrogens (tertiary/aromatic N) is 1. The number of nitrogens with one attached hydrogen (secondary N) is 2. The minimum atomic E-state index is -0.372. The summed E-state index contributed by atoms with van der Waals surface area (Å²) in [6.45, 7) is 2.01. The van der Waals surface area contributed by atoms with Crippen molar-refractivity contribution in [3.63, 3.8) is 0 Å². The number of aromatic nitrogens is 1. The van der Waals surface area contributed by atoms with Gasteiger partial charge in [0, 0.05) is 30.9 Å². The van der Waals surface area contributed by atoms with E-state index >= 15 is 0 Å².